The predicted molar refractivity (Wildman–Crippen MR) is 126 cm³/mol. The van der Waals surface area contributed by atoms with Crippen molar-refractivity contribution in [2.45, 2.75) is 38.5 Å². The fraction of sp³-hybridized carbons (Fsp3) is 0.407. The summed E-state index contributed by atoms with van der Waals surface area (Å²) in [6, 6.07) is 12.3. The molecule has 3 aliphatic rings. The van der Waals surface area contributed by atoms with E-state index in [-0.39, 0.29) is 18.4 Å². The Morgan fingerprint density at radius 2 is 2.03 bits per heavy atom. The molecule has 0 aliphatic carbocycles. The molecule has 1 aromatic carbocycles. The average molecular weight is 466 g/mol. The lowest BCUT2D eigenvalue weighted by atomic mass is 9.71. The minimum Gasteiger partial charge on any atom is -1.00 e. The Kier molecular flexibility index (Phi) is 6.76. The van der Waals surface area contributed by atoms with Crippen LogP contribution in [-0.2, 0) is 6.54 Å². The van der Waals surface area contributed by atoms with E-state index in [1.54, 1.807) is 7.11 Å². The number of nitrogens with zero attached hydrogens (tertiary/aromatic N) is 3. The molecule has 3 aliphatic heterocycles. The van der Waals surface area contributed by atoms with Gasteiger partial charge in [0, 0.05) is 47.8 Å². The number of aliphatic hydroxyl groups is 1. The third kappa shape index (κ3) is 4.25. The number of quaternary nitrogens is 1. The zero-order valence-electron chi connectivity index (χ0n) is 19.3. The number of piperidine rings is 3. The predicted octanol–water partition coefficient (Wildman–Crippen LogP) is 1.60. The van der Waals surface area contributed by atoms with Gasteiger partial charge in [0.05, 0.1) is 25.7 Å². The molecule has 1 N–H and O–H groups in total. The summed E-state index contributed by atoms with van der Waals surface area (Å²) in [4.78, 5) is 8.90. The van der Waals surface area contributed by atoms with Crippen molar-refractivity contribution in [3.63, 3.8) is 0 Å². The number of rotatable bonds is 6. The van der Waals surface area contributed by atoms with Gasteiger partial charge in [-0.1, -0.05) is 6.08 Å². The second-order valence-corrected chi connectivity index (χ2v) is 9.57. The number of aliphatic hydroxyl groups excluding tert-OH is 1. The summed E-state index contributed by atoms with van der Waals surface area (Å²) in [5, 5.41) is 12.8. The first-order valence-electron chi connectivity index (χ1n) is 11.5. The molecule has 3 saturated heterocycles. The maximum atomic E-state index is 11.9. The lowest BCUT2D eigenvalue weighted by Crippen LogP contribution is -3.00. The van der Waals surface area contributed by atoms with Gasteiger partial charge in [-0.05, 0) is 54.8 Å². The number of benzene rings is 1. The van der Waals surface area contributed by atoms with E-state index in [0.29, 0.717) is 11.8 Å². The molecule has 5 atom stereocenters. The molecule has 3 fully saturated rings. The molecule has 0 amide bonds. The van der Waals surface area contributed by atoms with Crippen molar-refractivity contribution in [3.8, 4) is 5.75 Å². The van der Waals surface area contributed by atoms with Crippen LogP contribution in [0.3, 0.4) is 0 Å². The van der Waals surface area contributed by atoms with E-state index >= 15 is 0 Å². The maximum absolute atomic E-state index is 11.9. The van der Waals surface area contributed by atoms with Crippen LogP contribution in [0.15, 0.2) is 61.4 Å². The quantitative estimate of drug-likeness (QED) is 0.444. The second-order valence-electron chi connectivity index (χ2n) is 9.57. The lowest BCUT2D eigenvalue weighted by Gasteiger charge is -2.58. The van der Waals surface area contributed by atoms with Crippen molar-refractivity contribution >= 4 is 10.9 Å². The van der Waals surface area contributed by atoms with E-state index in [1.165, 1.54) is 12.0 Å². The number of hydrogen-bond acceptors (Lipinski definition) is 4. The number of hydrogen-bond donors (Lipinski definition) is 1. The van der Waals surface area contributed by atoms with Crippen molar-refractivity contribution in [1.29, 1.82) is 0 Å². The van der Waals surface area contributed by atoms with Crippen LogP contribution in [0.2, 0.25) is 0 Å². The van der Waals surface area contributed by atoms with Crippen LogP contribution >= 0.6 is 0 Å². The van der Waals surface area contributed by atoms with Crippen LogP contribution in [0, 0.1) is 18.8 Å². The van der Waals surface area contributed by atoms with Crippen molar-refractivity contribution in [2.24, 2.45) is 11.8 Å². The van der Waals surface area contributed by atoms with Crippen molar-refractivity contribution < 1.29 is 26.7 Å². The first-order valence-corrected chi connectivity index (χ1v) is 11.5. The zero-order chi connectivity index (χ0) is 22.3. The summed E-state index contributed by atoms with van der Waals surface area (Å²) in [6.07, 6.45) is 7.49. The Labute approximate surface area is 202 Å². The number of aryl methyl sites for hydroxylation is 1. The maximum Gasteiger partial charge on any atom is 0.131 e. The van der Waals surface area contributed by atoms with E-state index in [4.69, 9.17) is 4.74 Å². The smallest absolute Gasteiger partial charge is 0.131 e. The molecule has 174 valence electrons. The third-order valence-corrected chi connectivity index (χ3v) is 7.80. The Morgan fingerprint density at radius 1 is 1.21 bits per heavy atom. The van der Waals surface area contributed by atoms with Gasteiger partial charge in [0.1, 0.15) is 24.4 Å². The average Bonchev–Trinajstić information content (AvgIpc) is 2.82. The summed E-state index contributed by atoms with van der Waals surface area (Å²) in [6.45, 7) is 9.21. The molecular weight excluding hydrogens is 434 g/mol. The monoisotopic (exact) mass is 465 g/mol. The number of fused-ring (bicyclic) bond motifs is 4. The number of methoxy groups -OCH3 is 1. The van der Waals surface area contributed by atoms with Crippen LogP contribution in [0.1, 0.15) is 35.8 Å². The highest BCUT2D eigenvalue weighted by molar-refractivity contribution is 5.83. The Hall–Kier alpha value is -2.47. The largest absolute Gasteiger partial charge is 1.00 e. The Morgan fingerprint density at radius 3 is 2.79 bits per heavy atom. The van der Waals surface area contributed by atoms with Crippen LogP contribution < -0.4 is 17.1 Å². The van der Waals surface area contributed by atoms with E-state index in [2.05, 4.69) is 34.8 Å². The van der Waals surface area contributed by atoms with Gasteiger partial charge in [-0.2, -0.15) is 0 Å². The standard InChI is InChI=1S/C27H32N3O2.ClH/c1-4-20-17-30(16-19-7-10-28-18(2)13-19)12-9-21(20)14-26(30)27(31)23-8-11-29-25-6-5-22(32-3)15-24(23)25;/h4-8,10-11,13,15,20-21,26-27,31H,1,9,12,14,16-17H2,2-3H3;1H/q+1;/p-1/t20-,21-,26-,27?,30?;/m0./s1. The Bertz CT molecular complexity index is 1150. The van der Waals surface area contributed by atoms with Crippen molar-refractivity contribution in [1.82, 2.24) is 9.97 Å². The lowest BCUT2D eigenvalue weighted by molar-refractivity contribution is -0.984. The van der Waals surface area contributed by atoms with E-state index in [1.807, 2.05) is 43.6 Å². The van der Waals surface area contributed by atoms with E-state index in [0.717, 1.165) is 58.4 Å². The molecule has 3 aromatic rings. The molecule has 6 rings (SSSR count). The molecule has 5 nitrogen and oxygen atoms in total. The molecule has 5 heterocycles. The number of ether oxygens (including phenoxy) is 1. The normalized spacial score (nSPS) is 27.1. The third-order valence-electron chi connectivity index (χ3n) is 7.80. The highest BCUT2D eigenvalue weighted by Gasteiger charge is 2.54. The Balaban J connectivity index is 0.00000259. The molecule has 0 radical (unpaired) electrons. The topological polar surface area (TPSA) is 55.2 Å². The summed E-state index contributed by atoms with van der Waals surface area (Å²) < 4.78 is 6.35. The van der Waals surface area contributed by atoms with Crippen LogP contribution in [0.25, 0.3) is 10.9 Å². The fourth-order valence-corrected chi connectivity index (χ4v) is 6.19. The molecule has 33 heavy (non-hydrogen) atoms. The van der Waals surface area contributed by atoms with Gasteiger partial charge >= 0.3 is 0 Å². The van der Waals surface area contributed by atoms with Crippen LogP contribution in [0.5, 0.6) is 5.75 Å². The molecule has 2 unspecified atom stereocenters. The number of aromatic nitrogens is 2. The van der Waals surface area contributed by atoms with Crippen LogP contribution in [-0.4, -0.2) is 45.8 Å². The number of pyridine rings is 2. The molecule has 6 heteroatoms. The van der Waals surface area contributed by atoms with E-state index in [9.17, 15) is 5.11 Å². The summed E-state index contributed by atoms with van der Waals surface area (Å²) in [7, 11) is 1.67. The van der Waals surface area contributed by atoms with Gasteiger partial charge < -0.3 is 26.7 Å². The summed E-state index contributed by atoms with van der Waals surface area (Å²) in [5.41, 5.74) is 4.17. The first kappa shape index (κ1) is 23.7. The van der Waals surface area contributed by atoms with Gasteiger partial charge in [-0.3, -0.25) is 9.97 Å². The highest BCUT2D eigenvalue weighted by Crippen LogP contribution is 2.48. The molecular formula is C27H32ClN3O2. The first-order chi connectivity index (χ1) is 15.5. The number of halogens is 1. The summed E-state index contributed by atoms with van der Waals surface area (Å²) in [5.74, 6) is 1.88. The van der Waals surface area contributed by atoms with E-state index < -0.39 is 6.10 Å². The fourth-order valence-electron chi connectivity index (χ4n) is 6.19. The SMILES string of the molecule is C=C[C@H]1C[N+]2(Cc3ccnc(C)c3)CC[C@H]1C[C@H]2C(O)c1ccnc2ccc(OC)cc12.[Cl-]. The molecule has 2 bridgehead atoms. The highest BCUT2D eigenvalue weighted by atomic mass is 35.5. The molecule has 2 aromatic heterocycles. The van der Waals surface area contributed by atoms with Crippen LogP contribution in [0.4, 0.5) is 0 Å². The van der Waals surface area contributed by atoms with Gasteiger partial charge in [0.25, 0.3) is 0 Å². The minimum absolute atomic E-state index is 0. The second kappa shape index (κ2) is 9.41. The van der Waals surface area contributed by atoms with Gasteiger partial charge in [0.15, 0.2) is 0 Å². The molecule has 0 saturated carbocycles. The van der Waals surface area contributed by atoms with Gasteiger partial charge in [-0.15, -0.1) is 6.58 Å². The van der Waals surface area contributed by atoms with Gasteiger partial charge in [-0.25, -0.2) is 0 Å². The zero-order valence-corrected chi connectivity index (χ0v) is 20.1. The minimum atomic E-state index is -0.566. The summed E-state index contributed by atoms with van der Waals surface area (Å²) >= 11 is 0. The molecule has 0 spiro atoms. The van der Waals surface area contributed by atoms with Gasteiger partial charge in [0.2, 0.25) is 0 Å². The van der Waals surface area contributed by atoms with Crippen molar-refractivity contribution in [2.75, 3.05) is 20.2 Å². The van der Waals surface area contributed by atoms with Crippen molar-refractivity contribution in [3.05, 3.63) is 78.3 Å².